The van der Waals surface area contributed by atoms with Gasteiger partial charge in [0.2, 0.25) is 0 Å². The molecule has 0 saturated heterocycles. The third-order valence-corrected chi connectivity index (χ3v) is 3.64. The van der Waals surface area contributed by atoms with Crippen molar-refractivity contribution in [2.24, 2.45) is 0 Å². The van der Waals surface area contributed by atoms with Gasteiger partial charge in [-0.1, -0.05) is 0 Å². The molecule has 0 amide bonds. The van der Waals surface area contributed by atoms with Crippen molar-refractivity contribution < 1.29 is 19.4 Å². The summed E-state index contributed by atoms with van der Waals surface area (Å²) >= 11 is 0. The van der Waals surface area contributed by atoms with Crippen LogP contribution in [-0.4, -0.2) is 10.2 Å². The number of hydrogen-bond acceptors (Lipinski definition) is 5. The zero-order chi connectivity index (χ0) is 13.9. The molecule has 0 spiro atoms. The van der Waals surface area contributed by atoms with Crippen LogP contribution in [0, 0.1) is 0 Å². The summed E-state index contributed by atoms with van der Waals surface area (Å²) in [4.78, 5) is 12.1. The smallest absolute Gasteiger partial charge is 0.344 e. The largest absolute Gasteiger partial charge is 0.508 e. The summed E-state index contributed by atoms with van der Waals surface area (Å²) in [5.74, 6) is 0.948. The van der Waals surface area contributed by atoms with Gasteiger partial charge in [-0.05, 0) is 24.6 Å². The lowest BCUT2D eigenvalue weighted by Gasteiger charge is -2.11. The highest BCUT2D eigenvalue weighted by molar-refractivity contribution is 5.87. The molecular weight excluding hydrogens is 260 g/mol. The van der Waals surface area contributed by atoms with E-state index in [-0.39, 0.29) is 23.0 Å². The molecule has 0 fully saturated rings. The highest BCUT2D eigenvalue weighted by Crippen LogP contribution is 2.46. The van der Waals surface area contributed by atoms with Crippen LogP contribution in [0.4, 0.5) is 0 Å². The van der Waals surface area contributed by atoms with Gasteiger partial charge in [0.15, 0.2) is 0 Å². The second kappa shape index (κ2) is 3.66. The number of allylic oxidation sites excluding steroid dienone is 3. The van der Waals surface area contributed by atoms with E-state index in [0.717, 1.165) is 0 Å². The highest BCUT2D eigenvalue weighted by Gasteiger charge is 2.36. The molecule has 5 nitrogen and oxygen atoms in total. The topological polar surface area (TPSA) is 79.9 Å². The van der Waals surface area contributed by atoms with Crippen molar-refractivity contribution in [2.45, 2.75) is 12.3 Å². The Labute approximate surface area is 113 Å². The summed E-state index contributed by atoms with van der Waals surface area (Å²) in [6, 6.07) is 4.54. The molecule has 1 aromatic carbocycles. The lowest BCUT2D eigenvalue weighted by molar-refractivity contribution is 0.389. The van der Waals surface area contributed by atoms with E-state index < -0.39 is 5.63 Å². The second-order valence-electron chi connectivity index (χ2n) is 4.88. The summed E-state index contributed by atoms with van der Waals surface area (Å²) in [5.41, 5.74) is 0.282. The van der Waals surface area contributed by atoms with Gasteiger partial charge in [-0.15, -0.1) is 0 Å². The molecule has 1 unspecified atom stereocenters. The molecule has 1 aromatic heterocycles. The molecular formula is C15H10O5. The van der Waals surface area contributed by atoms with E-state index >= 15 is 0 Å². The number of aliphatic hydroxyl groups excluding tert-OH is 1. The molecule has 0 radical (unpaired) electrons. The number of phenolic OH excluding ortho intramolecular Hbond substituents is 1. The van der Waals surface area contributed by atoms with Crippen LogP contribution < -0.4 is 10.4 Å². The molecule has 20 heavy (non-hydrogen) atoms. The summed E-state index contributed by atoms with van der Waals surface area (Å²) in [7, 11) is 0. The minimum atomic E-state index is -0.471. The van der Waals surface area contributed by atoms with Gasteiger partial charge in [0, 0.05) is 12.1 Å². The van der Waals surface area contributed by atoms with Crippen molar-refractivity contribution in [3.63, 3.8) is 0 Å². The molecule has 0 bridgehead atoms. The maximum atomic E-state index is 12.1. The summed E-state index contributed by atoms with van der Waals surface area (Å²) in [6.45, 7) is 0. The van der Waals surface area contributed by atoms with E-state index in [9.17, 15) is 15.0 Å². The fraction of sp³-hybridized carbons (Fsp3) is 0.133. The Hall–Kier alpha value is -2.69. The number of fused-ring (bicyclic) bond motifs is 5. The Bertz CT molecular complexity index is 856. The van der Waals surface area contributed by atoms with Crippen LogP contribution in [0.3, 0.4) is 0 Å². The van der Waals surface area contributed by atoms with Gasteiger partial charge in [0.25, 0.3) is 0 Å². The van der Waals surface area contributed by atoms with Gasteiger partial charge in [0.1, 0.15) is 28.6 Å². The van der Waals surface area contributed by atoms with Gasteiger partial charge < -0.3 is 19.4 Å². The third kappa shape index (κ3) is 1.40. The molecule has 2 N–H and O–H groups in total. The molecule has 0 saturated carbocycles. The Kier molecular flexibility index (Phi) is 2.04. The van der Waals surface area contributed by atoms with Crippen LogP contribution in [0.15, 0.2) is 51.1 Å². The Morgan fingerprint density at radius 3 is 2.95 bits per heavy atom. The zero-order valence-corrected chi connectivity index (χ0v) is 10.3. The molecule has 1 aliphatic heterocycles. The average Bonchev–Trinajstić information content (AvgIpc) is 2.77. The third-order valence-electron chi connectivity index (χ3n) is 3.64. The number of phenols is 1. The first-order chi connectivity index (χ1) is 9.63. The van der Waals surface area contributed by atoms with Crippen molar-refractivity contribution in [2.75, 3.05) is 0 Å². The number of rotatable bonds is 0. The molecule has 5 heteroatoms. The van der Waals surface area contributed by atoms with Crippen LogP contribution in [-0.2, 0) is 0 Å². The molecule has 1 aliphatic carbocycles. The molecule has 4 rings (SSSR count). The maximum Gasteiger partial charge on any atom is 0.344 e. The van der Waals surface area contributed by atoms with Crippen molar-refractivity contribution in [1.29, 1.82) is 0 Å². The van der Waals surface area contributed by atoms with Crippen molar-refractivity contribution in [1.82, 2.24) is 0 Å². The number of aromatic hydroxyl groups is 1. The number of ether oxygens (including phenoxy) is 1. The average molecular weight is 270 g/mol. The summed E-state index contributed by atoms with van der Waals surface area (Å²) in [5, 5.41) is 19.6. The normalized spacial score (nSPS) is 19.9. The number of benzene rings is 1. The predicted octanol–water partition coefficient (Wildman–Crippen LogP) is 2.70. The Balaban J connectivity index is 2.02. The number of hydrogen-bond donors (Lipinski definition) is 2. The fourth-order valence-corrected chi connectivity index (χ4v) is 2.72. The second-order valence-corrected chi connectivity index (χ2v) is 4.88. The van der Waals surface area contributed by atoms with Crippen LogP contribution >= 0.6 is 0 Å². The van der Waals surface area contributed by atoms with Crippen molar-refractivity contribution >= 4 is 11.0 Å². The standard InChI is InChI=1S/C15H10O5/c16-7-1-3-9-11(5-7)19-14-10-4-2-8(17)6-12(10)20-15(18)13(9)14/h1-2,4-6,9,16-17H,3H2. The van der Waals surface area contributed by atoms with Gasteiger partial charge >= 0.3 is 5.63 Å². The van der Waals surface area contributed by atoms with Gasteiger partial charge in [-0.2, -0.15) is 0 Å². The molecule has 2 heterocycles. The SMILES string of the molecule is O=c1oc2cc(O)ccc2c2c1C1CC=C(O)C=C1O2. The van der Waals surface area contributed by atoms with Gasteiger partial charge in [-0.25, -0.2) is 4.79 Å². The first-order valence-corrected chi connectivity index (χ1v) is 6.22. The van der Waals surface area contributed by atoms with E-state index in [2.05, 4.69) is 0 Å². The first-order valence-electron chi connectivity index (χ1n) is 6.22. The first kappa shape index (κ1) is 11.2. The van der Waals surface area contributed by atoms with E-state index in [1.165, 1.54) is 18.2 Å². The minimum Gasteiger partial charge on any atom is -0.508 e. The Morgan fingerprint density at radius 1 is 1.25 bits per heavy atom. The van der Waals surface area contributed by atoms with E-state index in [0.29, 0.717) is 28.9 Å². The van der Waals surface area contributed by atoms with Crippen molar-refractivity contribution in [3.8, 4) is 11.5 Å². The predicted molar refractivity (Wildman–Crippen MR) is 70.9 cm³/mol. The number of aliphatic hydroxyl groups is 1. The summed E-state index contributed by atoms with van der Waals surface area (Å²) in [6.07, 6.45) is 3.66. The Morgan fingerprint density at radius 2 is 2.10 bits per heavy atom. The van der Waals surface area contributed by atoms with Gasteiger partial charge in [-0.3, -0.25) is 0 Å². The van der Waals surface area contributed by atoms with E-state index in [1.54, 1.807) is 12.1 Å². The lowest BCUT2D eigenvalue weighted by atomic mass is 9.92. The van der Waals surface area contributed by atoms with Gasteiger partial charge in [0.05, 0.1) is 16.9 Å². The minimum absolute atomic E-state index is 0.0227. The van der Waals surface area contributed by atoms with E-state index in [4.69, 9.17) is 9.15 Å². The highest BCUT2D eigenvalue weighted by atomic mass is 16.5. The van der Waals surface area contributed by atoms with Crippen LogP contribution in [0.25, 0.3) is 11.0 Å². The summed E-state index contributed by atoms with van der Waals surface area (Å²) < 4.78 is 11.0. The molecule has 100 valence electrons. The maximum absolute atomic E-state index is 12.1. The van der Waals surface area contributed by atoms with Crippen LogP contribution in [0.1, 0.15) is 17.9 Å². The van der Waals surface area contributed by atoms with Crippen molar-refractivity contribution in [3.05, 3.63) is 57.9 Å². The lowest BCUT2D eigenvalue weighted by Crippen LogP contribution is -2.11. The van der Waals surface area contributed by atoms with Crippen LogP contribution in [0.5, 0.6) is 11.5 Å². The fourth-order valence-electron chi connectivity index (χ4n) is 2.72. The monoisotopic (exact) mass is 270 g/mol. The molecule has 2 aliphatic rings. The van der Waals surface area contributed by atoms with E-state index in [1.807, 2.05) is 0 Å². The zero-order valence-electron chi connectivity index (χ0n) is 10.3. The van der Waals surface area contributed by atoms with Crippen LogP contribution in [0.2, 0.25) is 0 Å². The molecule has 1 atom stereocenters. The quantitative estimate of drug-likeness (QED) is 0.719. The molecule has 2 aromatic rings.